The van der Waals surface area contributed by atoms with Crippen molar-refractivity contribution < 1.29 is 13.9 Å². The van der Waals surface area contributed by atoms with Crippen molar-refractivity contribution in [2.45, 2.75) is 39.7 Å². The van der Waals surface area contributed by atoms with Crippen LogP contribution in [0.25, 0.3) is 11.4 Å². The fourth-order valence-electron chi connectivity index (χ4n) is 3.02. The molecule has 0 radical (unpaired) electrons. The van der Waals surface area contributed by atoms with Crippen molar-refractivity contribution in [1.82, 2.24) is 14.8 Å². The van der Waals surface area contributed by atoms with E-state index in [0.29, 0.717) is 43.2 Å². The Labute approximate surface area is 174 Å². The summed E-state index contributed by atoms with van der Waals surface area (Å²) in [7, 11) is 0. The van der Waals surface area contributed by atoms with Crippen LogP contribution in [-0.2, 0) is 24.2 Å². The molecule has 0 atom stereocenters. The molecule has 3 rings (SSSR count). The van der Waals surface area contributed by atoms with E-state index in [4.69, 9.17) is 16.3 Å². The smallest absolute Gasteiger partial charge is 0.181 e. The normalized spacial score (nSPS) is 10.9. The van der Waals surface area contributed by atoms with Crippen LogP contribution in [0.1, 0.15) is 31.7 Å². The third-order valence-corrected chi connectivity index (χ3v) is 4.79. The van der Waals surface area contributed by atoms with Crippen molar-refractivity contribution in [2.75, 3.05) is 6.61 Å². The molecular formula is C22H23ClFN3O2. The van der Waals surface area contributed by atoms with Gasteiger partial charge < -0.3 is 4.74 Å². The Balaban J connectivity index is 1.67. The highest BCUT2D eigenvalue weighted by atomic mass is 35.5. The molecule has 0 bridgehead atoms. The number of hydrogen-bond donors (Lipinski definition) is 0. The van der Waals surface area contributed by atoms with Crippen molar-refractivity contribution in [3.8, 4) is 17.1 Å². The summed E-state index contributed by atoms with van der Waals surface area (Å²) in [6.45, 7) is 5.04. The molecule has 0 fully saturated rings. The molecule has 0 saturated carbocycles. The summed E-state index contributed by atoms with van der Waals surface area (Å²) < 4.78 is 20.9. The second-order valence-corrected chi connectivity index (χ2v) is 7.00. The molecule has 0 unspecified atom stereocenters. The maximum atomic E-state index is 13.7. The van der Waals surface area contributed by atoms with Gasteiger partial charge in [0, 0.05) is 18.5 Å². The predicted octanol–water partition coefficient (Wildman–Crippen LogP) is 4.90. The van der Waals surface area contributed by atoms with E-state index >= 15 is 0 Å². The third kappa shape index (κ3) is 5.41. The molecule has 1 heterocycles. The minimum absolute atomic E-state index is 0.0486. The van der Waals surface area contributed by atoms with Crippen LogP contribution in [0.5, 0.6) is 5.75 Å². The van der Waals surface area contributed by atoms with Crippen molar-refractivity contribution in [3.63, 3.8) is 0 Å². The van der Waals surface area contributed by atoms with Gasteiger partial charge in [0.15, 0.2) is 5.82 Å². The van der Waals surface area contributed by atoms with Crippen LogP contribution in [0.4, 0.5) is 4.39 Å². The highest BCUT2D eigenvalue weighted by Gasteiger charge is 2.15. The zero-order valence-electron chi connectivity index (χ0n) is 16.5. The van der Waals surface area contributed by atoms with Crippen LogP contribution in [0.3, 0.4) is 0 Å². The monoisotopic (exact) mass is 415 g/mol. The van der Waals surface area contributed by atoms with Crippen LogP contribution < -0.4 is 4.74 Å². The van der Waals surface area contributed by atoms with Gasteiger partial charge in [-0.2, -0.15) is 5.10 Å². The summed E-state index contributed by atoms with van der Waals surface area (Å²) in [5, 5.41) is 4.45. The van der Waals surface area contributed by atoms with Crippen molar-refractivity contribution in [2.24, 2.45) is 0 Å². The number of ketones is 1. The number of nitrogens with zero attached hydrogens (tertiary/aromatic N) is 3. The van der Waals surface area contributed by atoms with Gasteiger partial charge in [-0.15, -0.1) is 0 Å². The molecule has 0 N–H and O–H groups in total. The van der Waals surface area contributed by atoms with Crippen molar-refractivity contribution >= 4 is 17.4 Å². The summed E-state index contributed by atoms with van der Waals surface area (Å²) in [5.41, 5.74) is 1.58. The quantitative estimate of drug-likeness (QED) is 0.498. The van der Waals surface area contributed by atoms with E-state index in [-0.39, 0.29) is 17.2 Å². The molecular weight excluding hydrogens is 393 g/mol. The molecule has 3 aromatic rings. The largest absolute Gasteiger partial charge is 0.494 e. The summed E-state index contributed by atoms with van der Waals surface area (Å²) in [6.07, 6.45) is 1.22. The van der Waals surface area contributed by atoms with Gasteiger partial charge in [-0.05, 0) is 56.2 Å². The molecule has 0 aliphatic carbocycles. The van der Waals surface area contributed by atoms with E-state index in [9.17, 15) is 9.18 Å². The van der Waals surface area contributed by atoms with Crippen LogP contribution >= 0.6 is 11.6 Å². The van der Waals surface area contributed by atoms with Crippen LogP contribution in [-0.4, -0.2) is 27.2 Å². The first-order chi connectivity index (χ1) is 14.0. The molecule has 0 aliphatic heterocycles. The summed E-state index contributed by atoms with van der Waals surface area (Å²) in [4.78, 5) is 17.0. The number of carbonyl (C=O) groups excluding carboxylic acids is 1. The highest BCUT2D eigenvalue weighted by molar-refractivity contribution is 6.30. The van der Waals surface area contributed by atoms with Crippen LogP contribution in [0.2, 0.25) is 5.02 Å². The fraction of sp³-hybridized carbons (Fsp3) is 0.318. The van der Waals surface area contributed by atoms with Gasteiger partial charge in [-0.1, -0.05) is 23.7 Å². The first-order valence-corrected chi connectivity index (χ1v) is 10.0. The first kappa shape index (κ1) is 21.0. The Hall–Kier alpha value is -2.73. The zero-order chi connectivity index (χ0) is 20.8. The number of hydrogen-bond acceptors (Lipinski definition) is 4. The Morgan fingerprint density at radius 1 is 1.21 bits per heavy atom. The van der Waals surface area contributed by atoms with Gasteiger partial charge in [0.2, 0.25) is 0 Å². The second kappa shape index (κ2) is 9.65. The lowest BCUT2D eigenvalue weighted by Gasteiger charge is -2.06. The van der Waals surface area contributed by atoms with E-state index in [0.717, 1.165) is 11.3 Å². The maximum Gasteiger partial charge on any atom is 0.181 e. The fourth-order valence-corrected chi connectivity index (χ4v) is 3.14. The highest BCUT2D eigenvalue weighted by Crippen LogP contribution is 2.22. The molecule has 152 valence electrons. The molecule has 29 heavy (non-hydrogen) atoms. The van der Waals surface area contributed by atoms with Gasteiger partial charge in [0.1, 0.15) is 23.2 Å². The summed E-state index contributed by atoms with van der Waals surface area (Å²) in [5.74, 6) is 1.32. The minimum atomic E-state index is -0.524. The lowest BCUT2D eigenvalue weighted by atomic mass is 10.1. The second-order valence-electron chi connectivity index (χ2n) is 6.59. The molecule has 1 aromatic heterocycles. The average molecular weight is 416 g/mol. The average Bonchev–Trinajstić information content (AvgIpc) is 3.12. The van der Waals surface area contributed by atoms with Crippen molar-refractivity contribution in [1.29, 1.82) is 0 Å². The predicted molar refractivity (Wildman–Crippen MR) is 111 cm³/mol. The van der Waals surface area contributed by atoms with Gasteiger partial charge >= 0.3 is 0 Å². The molecule has 7 heteroatoms. The number of halogens is 2. The SMILES string of the molecule is CCOc1cccc(CCC(=O)Cc2nc(-c3ccc(Cl)c(F)c3)nn2CC)c1. The Kier molecular flexibility index (Phi) is 6.99. The standard InChI is InChI=1S/C22H23ClFN3O2/c1-3-27-21(25-22(26-27)16-9-11-19(23)20(24)13-16)14-17(28)10-8-15-6-5-7-18(12-15)29-4-2/h5-7,9,11-13H,3-4,8,10,14H2,1-2H3. The number of rotatable bonds is 9. The van der Waals surface area contributed by atoms with E-state index in [1.54, 1.807) is 10.7 Å². The lowest BCUT2D eigenvalue weighted by molar-refractivity contribution is -0.118. The molecule has 0 amide bonds. The molecule has 0 aliphatic rings. The van der Waals surface area contributed by atoms with E-state index in [1.165, 1.54) is 12.1 Å². The van der Waals surface area contributed by atoms with Crippen molar-refractivity contribution in [3.05, 3.63) is 64.7 Å². The van der Waals surface area contributed by atoms with E-state index in [1.807, 2.05) is 38.1 Å². The topological polar surface area (TPSA) is 57.0 Å². The van der Waals surface area contributed by atoms with Gasteiger partial charge in [0.25, 0.3) is 0 Å². The van der Waals surface area contributed by atoms with Gasteiger partial charge in [-0.25, -0.2) is 14.1 Å². The van der Waals surface area contributed by atoms with Crippen LogP contribution in [0, 0.1) is 5.82 Å². The third-order valence-electron chi connectivity index (χ3n) is 4.48. The molecule has 0 spiro atoms. The first-order valence-electron chi connectivity index (χ1n) is 9.62. The van der Waals surface area contributed by atoms with Gasteiger partial charge in [0.05, 0.1) is 18.1 Å². The van der Waals surface area contributed by atoms with E-state index < -0.39 is 5.82 Å². The van der Waals surface area contributed by atoms with E-state index in [2.05, 4.69) is 10.1 Å². The molecule has 5 nitrogen and oxygen atoms in total. The Bertz CT molecular complexity index is 1000. The minimum Gasteiger partial charge on any atom is -0.494 e. The number of aryl methyl sites for hydroxylation is 2. The zero-order valence-corrected chi connectivity index (χ0v) is 17.2. The molecule has 0 saturated heterocycles. The lowest BCUT2D eigenvalue weighted by Crippen LogP contribution is -2.11. The number of carbonyl (C=O) groups is 1. The summed E-state index contributed by atoms with van der Waals surface area (Å²) >= 11 is 5.74. The number of benzene rings is 2. The Morgan fingerprint density at radius 2 is 2.03 bits per heavy atom. The number of ether oxygens (including phenoxy) is 1. The molecule has 2 aromatic carbocycles. The summed E-state index contributed by atoms with van der Waals surface area (Å²) in [6, 6.07) is 12.2. The number of aromatic nitrogens is 3. The van der Waals surface area contributed by atoms with Crippen LogP contribution in [0.15, 0.2) is 42.5 Å². The Morgan fingerprint density at radius 3 is 2.76 bits per heavy atom. The number of Topliss-reactive ketones (excluding diaryl/α,β-unsaturated/α-hetero) is 1. The maximum absolute atomic E-state index is 13.7. The van der Waals surface area contributed by atoms with Gasteiger partial charge in [-0.3, -0.25) is 4.79 Å².